The van der Waals surface area contributed by atoms with Gasteiger partial charge < -0.3 is 10.6 Å². The maximum Gasteiger partial charge on any atom is 0.253 e. The van der Waals surface area contributed by atoms with Crippen LogP contribution in [0.25, 0.3) is 0 Å². The van der Waals surface area contributed by atoms with Crippen LogP contribution in [0, 0.1) is 5.92 Å². The maximum atomic E-state index is 12.1. The SMILES string of the molecule is CCNc1ccccc1C(=O)NCCC1CCC1. The Hall–Kier alpha value is -1.51. The minimum atomic E-state index is 0.0332. The predicted molar refractivity (Wildman–Crippen MR) is 74.9 cm³/mol. The number of carbonyl (C=O) groups is 1. The molecule has 2 N–H and O–H groups in total. The van der Waals surface area contributed by atoms with E-state index in [4.69, 9.17) is 0 Å². The van der Waals surface area contributed by atoms with E-state index in [1.54, 1.807) is 0 Å². The van der Waals surface area contributed by atoms with E-state index in [1.807, 2.05) is 31.2 Å². The van der Waals surface area contributed by atoms with Gasteiger partial charge in [-0.2, -0.15) is 0 Å². The average Bonchev–Trinajstić information content (AvgIpc) is 2.33. The first-order chi connectivity index (χ1) is 8.81. The van der Waals surface area contributed by atoms with Crippen molar-refractivity contribution in [1.29, 1.82) is 0 Å². The Kier molecular flexibility index (Phi) is 4.62. The molecule has 18 heavy (non-hydrogen) atoms. The quantitative estimate of drug-likeness (QED) is 0.810. The molecule has 0 heterocycles. The molecule has 0 aromatic heterocycles. The lowest BCUT2D eigenvalue weighted by atomic mass is 9.83. The number of carbonyl (C=O) groups excluding carboxylic acids is 1. The molecule has 1 aromatic rings. The fourth-order valence-electron chi connectivity index (χ4n) is 2.29. The summed E-state index contributed by atoms with van der Waals surface area (Å²) in [5.74, 6) is 0.875. The standard InChI is InChI=1S/C15H22N2O/c1-2-16-14-9-4-3-8-13(14)15(18)17-11-10-12-6-5-7-12/h3-4,8-9,12,16H,2,5-7,10-11H2,1H3,(H,17,18). The lowest BCUT2D eigenvalue weighted by molar-refractivity contribution is 0.0950. The van der Waals surface area contributed by atoms with Gasteiger partial charge in [-0.1, -0.05) is 31.4 Å². The van der Waals surface area contributed by atoms with Crippen molar-refractivity contribution in [2.75, 3.05) is 18.4 Å². The van der Waals surface area contributed by atoms with Crippen LogP contribution < -0.4 is 10.6 Å². The summed E-state index contributed by atoms with van der Waals surface area (Å²) >= 11 is 0. The van der Waals surface area contributed by atoms with Gasteiger partial charge >= 0.3 is 0 Å². The number of hydrogen-bond acceptors (Lipinski definition) is 2. The van der Waals surface area contributed by atoms with Crippen molar-refractivity contribution < 1.29 is 4.79 Å². The average molecular weight is 246 g/mol. The van der Waals surface area contributed by atoms with E-state index in [0.29, 0.717) is 0 Å². The van der Waals surface area contributed by atoms with Crippen LogP contribution >= 0.6 is 0 Å². The summed E-state index contributed by atoms with van der Waals surface area (Å²) in [7, 11) is 0. The fraction of sp³-hybridized carbons (Fsp3) is 0.533. The van der Waals surface area contributed by atoms with Crippen molar-refractivity contribution in [3.63, 3.8) is 0 Å². The molecule has 1 amide bonds. The third-order valence-corrected chi connectivity index (χ3v) is 3.60. The normalized spacial score (nSPS) is 14.9. The van der Waals surface area contributed by atoms with Crippen molar-refractivity contribution in [2.45, 2.75) is 32.6 Å². The highest BCUT2D eigenvalue weighted by molar-refractivity contribution is 5.99. The van der Waals surface area contributed by atoms with Crippen LogP contribution in [0.3, 0.4) is 0 Å². The highest BCUT2D eigenvalue weighted by Crippen LogP contribution is 2.28. The summed E-state index contributed by atoms with van der Waals surface area (Å²) in [5, 5.41) is 6.24. The van der Waals surface area contributed by atoms with Crippen LogP contribution in [0.4, 0.5) is 5.69 Å². The van der Waals surface area contributed by atoms with Gasteiger partial charge in [0.25, 0.3) is 5.91 Å². The summed E-state index contributed by atoms with van der Waals surface area (Å²) in [6, 6.07) is 7.67. The Morgan fingerprint density at radius 3 is 2.78 bits per heavy atom. The number of rotatable bonds is 6. The number of benzene rings is 1. The molecule has 0 unspecified atom stereocenters. The second-order valence-corrected chi connectivity index (χ2v) is 4.92. The Labute approximate surface area is 109 Å². The molecule has 3 nitrogen and oxygen atoms in total. The third-order valence-electron chi connectivity index (χ3n) is 3.60. The number of hydrogen-bond donors (Lipinski definition) is 2. The summed E-state index contributed by atoms with van der Waals surface area (Å²) < 4.78 is 0. The van der Waals surface area contributed by atoms with Crippen molar-refractivity contribution in [3.05, 3.63) is 29.8 Å². The minimum absolute atomic E-state index is 0.0332. The predicted octanol–water partition coefficient (Wildman–Crippen LogP) is 3.04. The van der Waals surface area contributed by atoms with E-state index in [0.717, 1.165) is 36.7 Å². The third kappa shape index (κ3) is 3.25. The van der Waals surface area contributed by atoms with E-state index in [1.165, 1.54) is 19.3 Å². The molecule has 1 aromatic carbocycles. The second kappa shape index (κ2) is 6.43. The van der Waals surface area contributed by atoms with E-state index in [2.05, 4.69) is 10.6 Å². The van der Waals surface area contributed by atoms with Crippen molar-refractivity contribution in [3.8, 4) is 0 Å². The Bertz CT molecular complexity index is 399. The Morgan fingerprint density at radius 2 is 2.11 bits per heavy atom. The van der Waals surface area contributed by atoms with Crippen LogP contribution in [-0.4, -0.2) is 19.0 Å². The van der Waals surface area contributed by atoms with Crippen molar-refractivity contribution in [2.24, 2.45) is 5.92 Å². The first kappa shape index (κ1) is 12.9. The molecule has 2 rings (SSSR count). The Balaban J connectivity index is 1.86. The highest BCUT2D eigenvalue weighted by Gasteiger charge is 2.17. The molecule has 0 radical (unpaired) electrons. The molecular weight excluding hydrogens is 224 g/mol. The number of para-hydroxylation sites is 1. The Morgan fingerprint density at radius 1 is 1.33 bits per heavy atom. The van der Waals surface area contributed by atoms with E-state index >= 15 is 0 Å². The van der Waals surface area contributed by atoms with E-state index in [-0.39, 0.29) is 5.91 Å². The number of anilines is 1. The fourth-order valence-corrected chi connectivity index (χ4v) is 2.29. The zero-order chi connectivity index (χ0) is 12.8. The largest absolute Gasteiger partial charge is 0.385 e. The zero-order valence-corrected chi connectivity index (χ0v) is 11.0. The van der Waals surface area contributed by atoms with Crippen LogP contribution in [0.15, 0.2) is 24.3 Å². The number of amides is 1. The van der Waals surface area contributed by atoms with Gasteiger partial charge in [0.1, 0.15) is 0 Å². The molecule has 98 valence electrons. The van der Waals surface area contributed by atoms with Gasteiger partial charge in [-0.15, -0.1) is 0 Å². The monoisotopic (exact) mass is 246 g/mol. The molecule has 1 saturated carbocycles. The topological polar surface area (TPSA) is 41.1 Å². The maximum absolute atomic E-state index is 12.1. The molecule has 0 atom stereocenters. The summed E-state index contributed by atoms with van der Waals surface area (Å²) in [4.78, 5) is 12.1. The zero-order valence-electron chi connectivity index (χ0n) is 11.0. The summed E-state index contributed by atoms with van der Waals surface area (Å²) in [5.41, 5.74) is 1.66. The van der Waals surface area contributed by atoms with Gasteiger partial charge in [0.2, 0.25) is 0 Å². The number of nitrogens with one attached hydrogen (secondary N) is 2. The van der Waals surface area contributed by atoms with E-state index in [9.17, 15) is 4.79 Å². The second-order valence-electron chi connectivity index (χ2n) is 4.92. The van der Waals surface area contributed by atoms with Gasteiger partial charge in [0, 0.05) is 18.8 Å². The molecule has 0 bridgehead atoms. The van der Waals surface area contributed by atoms with Gasteiger partial charge in [0.15, 0.2) is 0 Å². The molecule has 0 saturated heterocycles. The van der Waals surface area contributed by atoms with Crippen LogP contribution in [0.2, 0.25) is 0 Å². The molecular formula is C15H22N2O. The van der Waals surface area contributed by atoms with Crippen molar-refractivity contribution >= 4 is 11.6 Å². The minimum Gasteiger partial charge on any atom is -0.385 e. The van der Waals surface area contributed by atoms with Crippen LogP contribution in [0.5, 0.6) is 0 Å². The van der Waals surface area contributed by atoms with Gasteiger partial charge in [0.05, 0.1) is 5.56 Å². The van der Waals surface area contributed by atoms with Crippen molar-refractivity contribution in [1.82, 2.24) is 5.32 Å². The first-order valence-corrected chi connectivity index (χ1v) is 6.92. The first-order valence-electron chi connectivity index (χ1n) is 6.92. The van der Waals surface area contributed by atoms with Gasteiger partial charge in [-0.3, -0.25) is 4.79 Å². The molecule has 1 fully saturated rings. The molecule has 0 aliphatic heterocycles. The lowest BCUT2D eigenvalue weighted by Crippen LogP contribution is -2.28. The molecule has 3 heteroatoms. The highest BCUT2D eigenvalue weighted by atomic mass is 16.1. The smallest absolute Gasteiger partial charge is 0.253 e. The summed E-state index contributed by atoms with van der Waals surface area (Å²) in [6.07, 6.45) is 5.16. The molecule has 0 spiro atoms. The van der Waals surface area contributed by atoms with E-state index < -0.39 is 0 Å². The van der Waals surface area contributed by atoms with Gasteiger partial charge in [-0.05, 0) is 31.4 Å². The van der Waals surface area contributed by atoms with Crippen LogP contribution in [0.1, 0.15) is 43.0 Å². The summed E-state index contributed by atoms with van der Waals surface area (Å²) in [6.45, 7) is 3.65. The van der Waals surface area contributed by atoms with Gasteiger partial charge in [-0.25, -0.2) is 0 Å². The van der Waals surface area contributed by atoms with Crippen LogP contribution in [-0.2, 0) is 0 Å². The molecule has 1 aliphatic rings. The molecule has 1 aliphatic carbocycles. The lowest BCUT2D eigenvalue weighted by Gasteiger charge is -2.25.